The lowest BCUT2D eigenvalue weighted by Crippen LogP contribution is -2.32. The number of aryl methyl sites for hydroxylation is 2. The molecule has 2 N–H and O–H groups in total. The molecule has 2 heterocycles. The zero-order valence-electron chi connectivity index (χ0n) is 15.1. The highest BCUT2D eigenvalue weighted by Gasteiger charge is 2.19. The molecule has 0 bridgehead atoms. The summed E-state index contributed by atoms with van der Waals surface area (Å²) < 4.78 is 1.92. The van der Waals surface area contributed by atoms with Crippen LogP contribution < -0.4 is 10.6 Å². The first-order chi connectivity index (χ1) is 11.5. The molecule has 2 atom stereocenters. The molecule has 25 heavy (non-hydrogen) atoms. The highest BCUT2D eigenvalue weighted by Crippen LogP contribution is 2.18. The van der Waals surface area contributed by atoms with Crippen LogP contribution in [0.3, 0.4) is 0 Å². The van der Waals surface area contributed by atoms with Gasteiger partial charge in [-0.2, -0.15) is 5.10 Å². The van der Waals surface area contributed by atoms with E-state index in [-0.39, 0.29) is 24.4 Å². The number of carbonyl (C=O) groups is 1. The summed E-state index contributed by atoms with van der Waals surface area (Å²) in [6.45, 7) is 8.14. The summed E-state index contributed by atoms with van der Waals surface area (Å²) in [4.78, 5) is 12.5. The van der Waals surface area contributed by atoms with Crippen LogP contribution in [0, 0.1) is 13.8 Å². The van der Waals surface area contributed by atoms with Crippen LogP contribution >= 0.6 is 12.4 Å². The maximum Gasteiger partial charge on any atom is 0.272 e. The Morgan fingerprint density at radius 1 is 1.32 bits per heavy atom. The van der Waals surface area contributed by atoms with E-state index in [1.165, 1.54) is 11.1 Å². The van der Waals surface area contributed by atoms with Crippen LogP contribution in [0.15, 0.2) is 30.5 Å². The number of hydrogen-bond acceptors (Lipinski definition) is 3. The van der Waals surface area contributed by atoms with Gasteiger partial charge in [0.05, 0.1) is 12.1 Å². The largest absolute Gasteiger partial charge is 0.344 e. The Morgan fingerprint density at radius 2 is 2.04 bits per heavy atom. The monoisotopic (exact) mass is 362 g/mol. The third-order valence-electron chi connectivity index (χ3n) is 4.58. The van der Waals surface area contributed by atoms with Gasteiger partial charge >= 0.3 is 0 Å². The molecule has 1 saturated heterocycles. The summed E-state index contributed by atoms with van der Waals surface area (Å²) >= 11 is 0. The first kappa shape index (κ1) is 19.5. The van der Waals surface area contributed by atoms with Gasteiger partial charge < -0.3 is 10.6 Å². The number of rotatable bonds is 4. The van der Waals surface area contributed by atoms with E-state index in [1.54, 1.807) is 6.07 Å². The van der Waals surface area contributed by atoms with Gasteiger partial charge in [-0.1, -0.05) is 29.3 Å². The SMILES string of the molecule is Cc1cc(C)cc(C(C)NC(=O)c2ccn(C3CCCNC3)n2)c1.Cl. The second-order valence-electron chi connectivity index (χ2n) is 6.80. The molecule has 0 saturated carbocycles. The molecule has 0 aliphatic carbocycles. The number of amides is 1. The Kier molecular flexibility index (Phi) is 6.62. The van der Waals surface area contributed by atoms with Gasteiger partial charge in [0.15, 0.2) is 0 Å². The van der Waals surface area contributed by atoms with Crippen molar-refractivity contribution in [2.45, 2.75) is 45.7 Å². The van der Waals surface area contributed by atoms with E-state index in [0.29, 0.717) is 11.7 Å². The number of hydrogen-bond donors (Lipinski definition) is 2. The molecule has 2 aromatic rings. The standard InChI is InChI=1S/C19H26N4O.ClH/c1-13-9-14(2)11-16(10-13)15(3)21-19(24)18-6-8-23(22-18)17-5-4-7-20-12-17;/h6,8-11,15,17,20H,4-5,7,12H2,1-3H3,(H,21,24);1H. The van der Waals surface area contributed by atoms with Crippen molar-refractivity contribution < 1.29 is 4.79 Å². The molecule has 0 radical (unpaired) electrons. The van der Waals surface area contributed by atoms with Crippen molar-refractivity contribution in [3.63, 3.8) is 0 Å². The summed E-state index contributed by atoms with van der Waals surface area (Å²) in [5, 5.41) is 10.9. The van der Waals surface area contributed by atoms with Gasteiger partial charge in [0.2, 0.25) is 0 Å². The molecular weight excluding hydrogens is 336 g/mol. The average molecular weight is 363 g/mol. The summed E-state index contributed by atoms with van der Waals surface area (Å²) in [7, 11) is 0. The smallest absolute Gasteiger partial charge is 0.272 e. The van der Waals surface area contributed by atoms with Crippen molar-refractivity contribution in [1.82, 2.24) is 20.4 Å². The molecule has 0 spiro atoms. The molecule has 6 heteroatoms. The molecule has 1 amide bonds. The van der Waals surface area contributed by atoms with Gasteiger partial charge in [0.25, 0.3) is 5.91 Å². The molecule has 1 fully saturated rings. The highest BCUT2D eigenvalue weighted by atomic mass is 35.5. The predicted octanol–water partition coefficient (Wildman–Crippen LogP) is 3.34. The van der Waals surface area contributed by atoms with Crippen LogP contribution in [-0.2, 0) is 0 Å². The van der Waals surface area contributed by atoms with Crippen LogP contribution in [0.25, 0.3) is 0 Å². The van der Waals surface area contributed by atoms with E-state index in [9.17, 15) is 4.79 Å². The lowest BCUT2D eigenvalue weighted by molar-refractivity contribution is 0.0933. The highest BCUT2D eigenvalue weighted by molar-refractivity contribution is 5.92. The van der Waals surface area contributed by atoms with E-state index in [0.717, 1.165) is 31.5 Å². The number of halogens is 1. The van der Waals surface area contributed by atoms with E-state index in [4.69, 9.17) is 0 Å². The second-order valence-corrected chi connectivity index (χ2v) is 6.80. The van der Waals surface area contributed by atoms with Crippen LogP contribution in [0.4, 0.5) is 0 Å². The molecule has 1 aromatic heterocycles. The average Bonchev–Trinajstić information content (AvgIpc) is 3.05. The zero-order valence-corrected chi connectivity index (χ0v) is 15.9. The summed E-state index contributed by atoms with van der Waals surface area (Å²) in [6.07, 6.45) is 4.17. The van der Waals surface area contributed by atoms with Gasteiger partial charge in [0, 0.05) is 12.7 Å². The summed E-state index contributed by atoms with van der Waals surface area (Å²) in [5.74, 6) is -0.121. The Morgan fingerprint density at radius 3 is 2.68 bits per heavy atom. The maximum absolute atomic E-state index is 12.5. The lowest BCUT2D eigenvalue weighted by atomic mass is 10.0. The quantitative estimate of drug-likeness (QED) is 0.877. The van der Waals surface area contributed by atoms with E-state index in [1.807, 2.05) is 17.8 Å². The number of aromatic nitrogens is 2. The van der Waals surface area contributed by atoms with Crippen molar-refractivity contribution in [2.75, 3.05) is 13.1 Å². The predicted molar refractivity (Wildman–Crippen MR) is 102 cm³/mol. The third-order valence-corrected chi connectivity index (χ3v) is 4.58. The van der Waals surface area contributed by atoms with Crippen LogP contribution in [0.5, 0.6) is 0 Å². The minimum Gasteiger partial charge on any atom is -0.344 e. The fourth-order valence-corrected chi connectivity index (χ4v) is 3.34. The molecule has 5 nitrogen and oxygen atoms in total. The molecule has 136 valence electrons. The van der Waals surface area contributed by atoms with Crippen LogP contribution in [-0.4, -0.2) is 28.8 Å². The topological polar surface area (TPSA) is 59.0 Å². The minimum absolute atomic E-state index is 0. The Bertz CT molecular complexity index is 702. The summed E-state index contributed by atoms with van der Waals surface area (Å²) in [6, 6.07) is 8.47. The van der Waals surface area contributed by atoms with Gasteiger partial charge in [-0.05, 0) is 51.8 Å². The number of nitrogens with one attached hydrogen (secondary N) is 2. The van der Waals surface area contributed by atoms with Gasteiger partial charge in [0.1, 0.15) is 5.69 Å². The molecule has 1 aliphatic rings. The number of benzene rings is 1. The van der Waals surface area contributed by atoms with Crippen molar-refractivity contribution in [3.8, 4) is 0 Å². The summed E-state index contributed by atoms with van der Waals surface area (Å²) in [5.41, 5.74) is 4.02. The van der Waals surface area contributed by atoms with Crippen LogP contribution in [0.1, 0.15) is 59.0 Å². The minimum atomic E-state index is -0.121. The van der Waals surface area contributed by atoms with Gasteiger partial charge in [-0.3, -0.25) is 9.48 Å². The fraction of sp³-hybridized carbons (Fsp3) is 0.474. The molecule has 3 rings (SSSR count). The van der Waals surface area contributed by atoms with Crippen molar-refractivity contribution in [2.24, 2.45) is 0 Å². The van der Waals surface area contributed by atoms with E-state index in [2.05, 4.69) is 47.8 Å². The normalized spacial score (nSPS) is 18.3. The first-order valence-electron chi connectivity index (χ1n) is 8.68. The van der Waals surface area contributed by atoms with Gasteiger partial charge in [-0.25, -0.2) is 0 Å². The van der Waals surface area contributed by atoms with E-state index < -0.39 is 0 Å². The van der Waals surface area contributed by atoms with Crippen LogP contribution in [0.2, 0.25) is 0 Å². The molecular formula is C19H27ClN4O. The molecule has 2 unspecified atom stereocenters. The second kappa shape index (κ2) is 8.50. The molecule has 1 aliphatic heterocycles. The Balaban J connectivity index is 0.00000225. The Hall–Kier alpha value is -1.85. The molecule has 1 aromatic carbocycles. The Labute approximate surface area is 155 Å². The van der Waals surface area contributed by atoms with Gasteiger partial charge in [-0.15, -0.1) is 12.4 Å². The van der Waals surface area contributed by atoms with Crippen molar-refractivity contribution in [3.05, 3.63) is 52.8 Å². The maximum atomic E-state index is 12.5. The van der Waals surface area contributed by atoms with E-state index >= 15 is 0 Å². The number of carbonyl (C=O) groups excluding carboxylic acids is 1. The fourth-order valence-electron chi connectivity index (χ4n) is 3.34. The lowest BCUT2D eigenvalue weighted by Gasteiger charge is -2.22. The third kappa shape index (κ3) is 4.83. The van der Waals surface area contributed by atoms with Crippen molar-refractivity contribution in [1.29, 1.82) is 0 Å². The zero-order chi connectivity index (χ0) is 17.1. The number of nitrogens with zero attached hydrogens (tertiary/aromatic N) is 2. The number of piperidine rings is 1. The van der Waals surface area contributed by atoms with Crippen molar-refractivity contribution >= 4 is 18.3 Å². The first-order valence-corrected chi connectivity index (χ1v) is 8.68.